The lowest BCUT2D eigenvalue weighted by atomic mass is 9.84. The third-order valence-corrected chi connectivity index (χ3v) is 3.17. The van der Waals surface area contributed by atoms with Crippen molar-refractivity contribution in [3.05, 3.63) is 0 Å². The zero-order valence-electron chi connectivity index (χ0n) is 8.52. The minimum absolute atomic E-state index is 0.163. The highest BCUT2D eigenvalue weighted by Gasteiger charge is 2.51. The van der Waals surface area contributed by atoms with E-state index < -0.39 is 11.4 Å². The number of carbonyl (C=O) groups excluding carboxylic acids is 1. The summed E-state index contributed by atoms with van der Waals surface area (Å²) in [6.07, 6.45) is 0. The van der Waals surface area contributed by atoms with Crippen LogP contribution in [-0.4, -0.2) is 54.4 Å². The molecule has 0 aromatic heterocycles. The van der Waals surface area contributed by atoms with Gasteiger partial charge in [0.15, 0.2) is 0 Å². The molecule has 2 heterocycles. The highest BCUT2D eigenvalue weighted by atomic mass is 16.5. The Morgan fingerprint density at radius 3 is 3.00 bits per heavy atom. The van der Waals surface area contributed by atoms with E-state index in [9.17, 15) is 9.59 Å². The Bertz CT molecular complexity index is 306. The SMILES string of the molecule is CC1(C(=O)O)COCC1N1CCNC1=O. The Morgan fingerprint density at radius 1 is 1.73 bits per heavy atom. The number of carbonyl (C=O) groups is 2. The molecule has 0 spiro atoms. The molecule has 6 heteroatoms. The van der Waals surface area contributed by atoms with E-state index in [-0.39, 0.29) is 18.7 Å². The smallest absolute Gasteiger partial charge is 0.317 e. The molecule has 2 unspecified atom stereocenters. The number of carboxylic acids is 1. The summed E-state index contributed by atoms with van der Waals surface area (Å²) in [6.45, 7) is 3.21. The Labute approximate surface area is 87.2 Å². The number of hydrogen-bond donors (Lipinski definition) is 2. The fraction of sp³-hybridized carbons (Fsp3) is 0.778. The molecule has 2 fully saturated rings. The predicted molar refractivity (Wildman–Crippen MR) is 50.5 cm³/mol. The van der Waals surface area contributed by atoms with Gasteiger partial charge in [0, 0.05) is 13.1 Å². The molecule has 0 aromatic rings. The second-order valence-corrected chi connectivity index (χ2v) is 4.18. The molecule has 0 bridgehead atoms. The third-order valence-electron chi connectivity index (χ3n) is 3.17. The van der Waals surface area contributed by atoms with Crippen LogP contribution in [0, 0.1) is 5.41 Å². The van der Waals surface area contributed by atoms with Gasteiger partial charge in [-0.15, -0.1) is 0 Å². The van der Waals surface area contributed by atoms with Crippen molar-refractivity contribution >= 4 is 12.0 Å². The Kier molecular flexibility index (Phi) is 2.30. The summed E-state index contributed by atoms with van der Waals surface area (Å²) in [7, 11) is 0. The normalized spacial score (nSPS) is 35.7. The molecule has 2 aliphatic heterocycles. The van der Waals surface area contributed by atoms with Crippen LogP contribution < -0.4 is 5.32 Å². The quantitative estimate of drug-likeness (QED) is 0.649. The van der Waals surface area contributed by atoms with E-state index >= 15 is 0 Å². The van der Waals surface area contributed by atoms with E-state index in [2.05, 4.69) is 5.32 Å². The highest BCUT2D eigenvalue weighted by Crippen LogP contribution is 2.33. The molecule has 2 rings (SSSR count). The van der Waals surface area contributed by atoms with E-state index in [0.29, 0.717) is 19.7 Å². The monoisotopic (exact) mass is 214 g/mol. The Hall–Kier alpha value is -1.30. The maximum atomic E-state index is 11.4. The number of nitrogens with zero attached hydrogens (tertiary/aromatic N) is 1. The summed E-state index contributed by atoms with van der Waals surface area (Å²) in [5.74, 6) is -0.912. The fourth-order valence-corrected chi connectivity index (χ4v) is 2.08. The predicted octanol–water partition coefficient (Wildman–Crippen LogP) is -0.499. The molecular formula is C9H14N2O4. The summed E-state index contributed by atoms with van der Waals surface area (Å²) >= 11 is 0. The van der Waals surface area contributed by atoms with E-state index in [0.717, 1.165) is 0 Å². The summed E-state index contributed by atoms with van der Waals surface area (Å²) < 4.78 is 5.19. The van der Waals surface area contributed by atoms with E-state index in [1.54, 1.807) is 11.8 Å². The van der Waals surface area contributed by atoms with Crippen molar-refractivity contribution in [1.82, 2.24) is 10.2 Å². The van der Waals surface area contributed by atoms with Crippen molar-refractivity contribution in [1.29, 1.82) is 0 Å². The zero-order chi connectivity index (χ0) is 11.1. The summed E-state index contributed by atoms with van der Waals surface area (Å²) in [5, 5.41) is 11.8. The summed E-state index contributed by atoms with van der Waals surface area (Å²) in [5.41, 5.74) is -0.984. The van der Waals surface area contributed by atoms with Gasteiger partial charge in [0.05, 0.1) is 19.3 Å². The van der Waals surface area contributed by atoms with Crippen LogP contribution in [0.4, 0.5) is 4.79 Å². The minimum Gasteiger partial charge on any atom is -0.481 e. The lowest BCUT2D eigenvalue weighted by molar-refractivity contribution is -0.149. The molecule has 2 aliphatic rings. The van der Waals surface area contributed by atoms with Crippen LogP contribution in [0.1, 0.15) is 6.92 Å². The first-order valence-electron chi connectivity index (χ1n) is 4.91. The molecular weight excluding hydrogens is 200 g/mol. The average Bonchev–Trinajstić information content (AvgIpc) is 2.72. The van der Waals surface area contributed by atoms with Gasteiger partial charge in [-0.3, -0.25) is 4.79 Å². The van der Waals surface area contributed by atoms with Crippen LogP contribution in [0.25, 0.3) is 0 Å². The van der Waals surface area contributed by atoms with Crippen molar-refractivity contribution < 1.29 is 19.4 Å². The van der Waals surface area contributed by atoms with Gasteiger partial charge in [-0.2, -0.15) is 0 Å². The molecule has 15 heavy (non-hydrogen) atoms. The molecule has 0 aromatic carbocycles. The van der Waals surface area contributed by atoms with E-state index in [1.807, 2.05) is 0 Å². The van der Waals surface area contributed by atoms with Crippen LogP contribution in [0.15, 0.2) is 0 Å². The average molecular weight is 214 g/mol. The van der Waals surface area contributed by atoms with Crippen molar-refractivity contribution in [3.8, 4) is 0 Å². The number of ether oxygens (including phenoxy) is 1. The lowest BCUT2D eigenvalue weighted by Gasteiger charge is -2.31. The van der Waals surface area contributed by atoms with Crippen LogP contribution in [0.2, 0.25) is 0 Å². The van der Waals surface area contributed by atoms with Crippen LogP contribution in [0.5, 0.6) is 0 Å². The van der Waals surface area contributed by atoms with Gasteiger partial charge in [0.2, 0.25) is 0 Å². The summed E-state index contributed by atoms with van der Waals surface area (Å²) in [6, 6.07) is -0.560. The number of rotatable bonds is 2. The van der Waals surface area contributed by atoms with Gasteiger partial charge in [-0.25, -0.2) is 4.79 Å². The number of nitrogens with one attached hydrogen (secondary N) is 1. The maximum Gasteiger partial charge on any atom is 0.317 e. The molecule has 2 atom stereocenters. The van der Waals surface area contributed by atoms with Crippen LogP contribution in [-0.2, 0) is 9.53 Å². The van der Waals surface area contributed by atoms with Crippen molar-refractivity contribution in [2.24, 2.45) is 5.41 Å². The fourth-order valence-electron chi connectivity index (χ4n) is 2.08. The van der Waals surface area contributed by atoms with Crippen molar-refractivity contribution in [2.45, 2.75) is 13.0 Å². The molecule has 2 amide bonds. The first-order valence-corrected chi connectivity index (χ1v) is 4.91. The molecule has 84 valence electrons. The maximum absolute atomic E-state index is 11.4. The number of carboxylic acid groups (broad SMARTS) is 1. The van der Waals surface area contributed by atoms with Gasteiger partial charge >= 0.3 is 12.0 Å². The molecule has 6 nitrogen and oxygen atoms in total. The van der Waals surface area contributed by atoms with Gasteiger partial charge in [-0.1, -0.05) is 0 Å². The highest BCUT2D eigenvalue weighted by molar-refractivity contribution is 5.80. The van der Waals surface area contributed by atoms with Gasteiger partial charge in [0.25, 0.3) is 0 Å². The number of aliphatic carboxylic acids is 1. The standard InChI is InChI=1S/C9H14N2O4/c1-9(7(12)13)5-15-4-6(9)11-3-2-10-8(11)14/h6H,2-5H2,1H3,(H,10,14)(H,12,13). The number of urea groups is 1. The van der Waals surface area contributed by atoms with Gasteiger partial charge in [0.1, 0.15) is 5.41 Å². The molecule has 0 saturated carbocycles. The van der Waals surface area contributed by atoms with E-state index in [1.165, 1.54) is 0 Å². The number of amides is 2. The molecule has 2 saturated heterocycles. The van der Waals surface area contributed by atoms with Crippen LogP contribution in [0.3, 0.4) is 0 Å². The third kappa shape index (κ3) is 1.45. The van der Waals surface area contributed by atoms with Crippen LogP contribution >= 0.6 is 0 Å². The topological polar surface area (TPSA) is 78.9 Å². The van der Waals surface area contributed by atoms with Crippen molar-refractivity contribution in [3.63, 3.8) is 0 Å². The largest absolute Gasteiger partial charge is 0.481 e. The van der Waals surface area contributed by atoms with Gasteiger partial charge in [-0.05, 0) is 6.92 Å². The number of hydrogen-bond acceptors (Lipinski definition) is 3. The van der Waals surface area contributed by atoms with E-state index in [4.69, 9.17) is 9.84 Å². The second-order valence-electron chi connectivity index (χ2n) is 4.18. The molecule has 0 radical (unpaired) electrons. The van der Waals surface area contributed by atoms with Gasteiger partial charge < -0.3 is 20.1 Å². The minimum atomic E-state index is -0.984. The first kappa shape index (κ1) is 10.2. The van der Waals surface area contributed by atoms with Crippen molar-refractivity contribution in [2.75, 3.05) is 26.3 Å². The zero-order valence-corrected chi connectivity index (χ0v) is 8.52. The lowest BCUT2D eigenvalue weighted by Crippen LogP contribution is -2.51. The second kappa shape index (κ2) is 3.37. The first-order chi connectivity index (χ1) is 7.05. The summed E-state index contributed by atoms with van der Waals surface area (Å²) in [4.78, 5) is 24.2. The molecule has 2 N–H and O–H groups in total. The Morgan fingerprint density at radius 2 is 2.47 bits per heavy atom. The molecule has 0 aliphatic carbocycles. The Balaban J connectivity index is 2.21.